The summed E-state index contributed by atoms with van der Waals surface area (Å²) in [6.45, 7) is 0. The number of hydrogen-bond donors (Lipinski definition) is 1. The van der Waals surface area contributed by atoms with Crippen molar-refractivity contribution in [1.82, 2.24) is 15.5 Å². The molecule has 152 valence electrons. The van der Waals surface area contributed by atoms with Crippen LogP contribution >= 0.6 is 11.8 Å². The van der Waals surface area contributed by atoms with Gasteiger partial charge in [0, 0.05) is 11.6 Å². The highest BCUT2D eigenvalue weighted by atomic mass is 32.2. The quantitative estimate of drug-likeness (QED) is 0.666. The molecule has 1 aliphatic carbocycles. The molecule has 1 aromatic carbocycles. The molecule has 1 aromatic heterocycles. The molecule has 1 saturated carbocycles. The summed E-state index contributed by atoms with van der Waals surface area (Å²) in [6, 6.07) is 3.76. The molecule has 0 spiro atoms. The van der Waals surface area contributed by atoms with E-state index >= 15 is 0 Å². The van der Waals surface area contributed by atoms with Crippen LogP contribution in [0.3, 0.4) is 0 Å². The number of rotatable bonds is 8. The Kier molecular flexibility index (Phi) is 7.02. The van der Waals surface area contributed by atoms with E-state index in [2.05, 4.69) is 15.5 Å². The molecule has 0 aliphatic heterocycles. The number of hydrogen-bond acceptors (Lipinski definition) is 8. The standard InChI is InChI=1S/C19H25N3O5S/c1-24-14-9-12(10-15(25-2)17(14)26-3)18-21-22-19(27-18)28-11-16(23)20-13-7-5-4-6-8-13/h9-10,13H,4-8,11H2,1-3H3,(H,20,23). The highest BCUT2D eigenvalue weighted by Gasteiger charge is 2.19. The lowest BCUT2D eigenvalue weighted by atomic mass is 9.95. The Morgan fingerprint density at radius 2 is 1.79 bits per heavy atom. The summed E-state index contributed by atoms with van der Waals surface area (Å²) in [7, 11) is 4.63. The van der Waals surface area contributed by atoms with Crippen LogP contribution < -0.4 is 19.5 Å². The van der Waals surface area contributed by atoms with Crippen LogP contribution in [0.5, 0.6) is 17.2 Å². The van der Waals surface area contributed by atoms with E-state index in [1.165, 1.54) is 31.0 Å². The third kappa shape index (κ3) is 4.89. The van der Waals surface area contributed by atoms with Crippen molar-refractivity contribution in [3.63, 3.8) is 0 Å². The van der Waals surface area contributed by atoms with Crippen molar-refractivity contribution in [3.05, 3.63) is 12.1 Å². The van der Waals surface area contributed by atoms with Gasteiger partial charge in [-0.1, -0.05) is 31.0 Å². The van der Waals surface area contributed by atoms with Crippen LogP contribution in [0.15, 0.2) is 21.8 Å². The zero-order chi connectivity index (χ0) is 19.9. The zero-order valence-electron chi connectivity index (χ0n) is 16.3. The Balaban J connectivity index is 1.64. The SMILES string of the molecule is COc1cc(-c2nnc(SCC(=O)NC3CCCCC3)o2)cc(OC)c1OC. The van der Waals surface area contributed by atoms with Crippen LogP contribution in [0.2, 0.25) is 0 Å². The van der Waals surface area contributed by atoms with Crippen LogP contribution in [0.1, 0.15) is 32.1 Å². The van der Waals surface area contributed by atoms with Crippen molar-refractivity contribution in [1.29, 1.82) is 0 Å². The predicted octanol–water partition coefficient (Wildman–Crippen LogP) is 3.30. The minimum atomic E-state index is -0.00978. The topological polar surface area (TPSA) is 95.7 Å². The second-order valence-corrected chi connectivity index (χ2v) is 7.40. The van der Waals surface area contributed by atoms with E-state index in [0.29, 0.717) is 40.0 Å². The van der Waals surface area contributed by atoms with Crippen LogP contribution in [0.25, 0.3) is 11.5 Å². The summed E-state index contributed by atoms with van der Waals surface area (Å²) in [5, 5.41) is 11.5. The molecular weight excluding hydrogens is 382 g/mol. The Morgan fingerprint density at radius 1 is 1.11 bits per heavy atom. The number of nitrogens with zero attached hydrogens (tertiary/aromatic N) is 2. The van der Waals surface area contributed by atoms with Crippen LogP contribution in [0, 0.1) is 0 Å². The van der Waals surface area contributed by atoms with Gasteiger partial charge in [0.25, 0.3) is 5.22 Å². The molecule has 0 atom stereocenters. The van der Waals surface area contributed by atoms with Gasteiger partial charge in [0.15, 0.2) is 11.5 Å². The van der Waals surface area contributed by atoms with Gasteiger partial charge >= 0.3 is 0 Å². The average molecular weight is 407 g/mol. The first-order valence-corrected chi connectivity index (χ1v) is 10.2. The van der Waals surface area contributed by atoms with E-state index < -0.39 is 0 Å². The summed E-state index contributed by atoms with van der Waals surface area (Å²) >= 11 is 1.22. The van der Waals surface area contributed by atoms with Gasteiger partial charge in [-0.05, 0) is 25.0 Å². The Morgan fingerprint density at radius 3 is 2.39 bits per heavy atom. The molecule has 0 unspecified atom stereocenters. The zero-order valence-corrected chi connectivity index (χ0v) is 17.1. The van der Waals surface area contributed by atoms with Crippen molar-refractivity contribution in [2.24, 2.45) is 0 Å². The summed E-state index contributed by atoms with van der Waals surface area (Å²) < 4.78 is 21.7. The highest BCUT2D eigenvalue weighted by molar-refractivity contribution is 7.99. The van der Waals surface area contributed by atoms with Crippen molar-refractivity contribution in [3.8, 4) is 28.7 Å². The van der Waals surface area contributed by atoms with Crippen LogP contribution in [-0.2, 0) is 4.79 Å². The maximum Gasteiger partial charge on any atom is 0.277 e. The largest absolute Gasteiger partial charge is 0.493 e. The molecule has 9 heteroatoms. The molecule has 1 amide bonds. The lowest BCUT2D eigenvalue weighted by molar-refractivity contribution is -0.119. The van der Waals surface area contributed by atoms with Gasteiger partial charge < -0.3 is 23.9 Å². The number of amides is 1. The van der Waals surface area contributed by atoms with E-state index in [1.54, 1.807) is 33.5 Å². The van der Waals surface area contributed by atoms with Gasteiger partial charge in [-0.2, -0.15) is 0 Å². The first kappa shape index (κ1) is 20.3. The molecule has 0 saturated heterocycles. The van der Waals surface area contributed by atoms with Gasteiger partial charge in [-0.25, -0.2) is 0 Å². The number of carbonyl (C=O) groups is 1. The van der Waals surface area contributed by atoms with Crippen molar-refractivity contribution in [2.45, 2.75) is 43.4 Å². The third-order valence-corrected chi connectivity index (χ3v) is 5.43. The van der Waals surface area contributed by atoms with Gasteiger partial charge in [0.2, 0.25) is 17.5 Å². The number of thioether (sulfide) groups is 1. The monoisotopic (exact) mass is 407 g/mol. The Hall–Kier alpha value is -2.42. The fraction of sp³-hybridized carbons (Fsp3) is 0.526. The van der Waals surface area contributed by atoms with Crippen LogP contribution in [0.4, 0.5) is 0 Å². The molecule has 0 radical (unpaired) electrons. The molecule has 8 nitrogen and oxygen atoms in total. The molecular formula is C19H25N3O5S. The number of ether oxygens (including phenoxy) is 3. The molecule has 0 bridgehead atoms. The fourth-order valence-corrected chi connectivity index (χ4v) is 3.81. The number of benzene rings is 1. The molecule has 1 N–H and O–H groups in total. The van der Waals surface area contributed by atoms with Crippen LogP contribution in [-0.4, -0.2) is 49.2 Å². The minimum absolute atomic E-state index is 0.00978. The lowest BCUT2D eigenvalue weighted by Crippen LogP contribution is -2.37. The molecule has 2 aromatic rings. The molecule has 1 fully saturated rings. The minimum Gasteiger partial charge on any atom is -0.493 e. The molecule has 1 heterocycles. The van der Waals surface area contributed by atoms with Gasteiger partial charge in [-0.15, -0.1) is 10.2 Å². The van der Waals surface area contributed by atoms with Gasteiger partial charge in [0.05, 0.1) is 27.1 Å². The second-order valence-electron chi connectivity index (χ2n) is 6.48. The predicted molar refractivity (Wildman–Crippen MR) is 105 cm³/mol. The number of aromatic nitrogens is 2. The highest BCUT2D eigenvalue weighted by Crippen LogP contribution is 2.41. The van der Waals surface area contributed by atoms with Crippen molar-refractivity contribution >= 4 is 17.7 Å². The van der Waals surface area contributed by atoms with Gasteiger partial charge in [-0.3, -0.25) is 4.79 Å². The Bertz CT molecular complexity index is 780. The first-order valence-electron chi connectivity index (χ1n) is 9.20. The number of methoxy groups -OCH3 is 3. The fourth-order valence-electron chi connectivity index (χ4n) is 3.23. The molecule has 3 rings (SSSR count). The molecule has 1 aliphatic rings. The van der Waals surface area contributed by atoms with E-state index in [0.717, 1.165) is 12.8 Å². The number of nitrogens with one attached hydrogen (secondary N) is 1. The maximum absolute atomic E-state index is 12.1. The normalized spacial score (nSPS) is 14.5. The Labute approximate surface area is 168 Å². The summed E-state index contributed by atoms with van der Waals surface area (Å²) in [5.74, 6) is 2.03. The van der Waals surface area contributed by atoms with E-state index in [4.69, 9.17) is 18.6 Å². The summed E-state index contributed by atoms with van der Waals surface area (Å²) in [6.07, 6.45) is 5.73. The maximum atomic E-state index is 12.1. The lowest BCUT2D eigenvalue weighted by Gasteiger charge is -2.22. The van der Waals surface area contributed by atoms with E-state index in [1.807, 2.05) is 0 Å². The smallest absolute Gasteiger partial charge is 0.277 e. The first-order chi connectivity index (χ1) is 13.6. The van der Waals surface area contributed by atoms with E-state index in [-0.39, 0.29) is 11.7 Å². The van der Waals surface area contributed by atoms with E-state index in [9.17, 15) is 4.79 Å². The van der Waals surface area contributed by atoms with Gasteiger partial charge in [0.1, 0.15) is 0 Å². The van der Waals surface area contributed by atoms with Crippen molar-refractivity contribution in [2.75, 3.05) is 27.1 Å². The average Bonchev–Trinajstić information content (AvgIpc) is 3.21. The molecule has 28 heavy (non-hydrogen) atoms. The third-order valence-electron chi connectivity index (χ3n) is 4.62. The number of carbonyl (C=O) groups excluding carboxylic acids is 1. The van der Waals surface area contributed by atoms with Crippen molar-refractivity contribution < 1.29 is 23.4 Å². The summed E-state index contributed by atoms with van der Waals surface area (Å²) in [4.78, 5) is 12.1. The second kappa shape index (κ2) is 9.68. The summed E-state index contributed by atoms with van der Waals surface area (Å²) in [5.41, 5.74) is 0.639.